The van der Waals surface area contributed by atoms with E-state index in [0.717, 1.165) is 16.9 Å². The molecule has 0 spiro atoms. The number of halogens is 1. The Labute approximate surface area is 175 Å². The molecule has 0 bridgehead atoms. The molecule has 1 aliphatic rings. The second-order valence-corrected chi connectivity index (χ2v) is 7.45. The minimum Gasteiger partial charge on any atom is -0.489 e. The number of amides is 1. The fraction of sp³-hybridized carbons (Fsp3) is 0.240. The zero-order chi connectivity index (χ0) is 20.9. The Morgan fingerprint density at radius 1 is 0.933 bits per heavy atom. The van der Waals surface area contributed by atoms with Gasteiger partial charge in [0.25, 0.3) is 0 Å². The number of benzene rings is 3. The van der Waals surface area contributed by atoms with Gasteiger partial charge < -0.3 is 14.7 Å². The molecule has 3 aromatic rings. The number of hydrogen-bond acceptors (Lipinski definition) is 3. The molecule has 3 aromatic carbocycles. The van der Waals surface area contributed by atoms with E-state index in [1.54, 1.807) is 17.0 Å². The summed E-state index contributed by atoms with van der Waals surface area (Å²) in [6.45, 7) is 0.544. The number of ether oxygens (including phenoxy) is 1. The van der Waals surface area contributed by atoms with Crippen molar-refractivity contribution in [1.82, 2.24) is 0 Å². The highest BCUT2D eigenvalue weighted by molar-refractivity contribution is 6.03. The summed E-state index contributed by atoms with van der Waals surface area (Å²) in [6, 6.07) is 23.6. The Bertz CT molecular complexity index is 974. The number of hydrogen-bond donors (Lipinski definition) is 1. The zero-order valence-corrected chi connectivity index (χ0v) is 16.6. The van der Waals surface area contributed by atoms with Gasteiger partial charge in [0, 0.05) is 12.3 Å². The van der Waals surface area contributed by atoms with Crippen molar-refractivity contribution in [2.75, 3.05) is 11.5 Å². The van der Waals surface area contributed by atoms with Gasteiger partial charge in [-0.15, -0.1) is 0 Å². The second-order valence-electron chi connectivity index (χ2n) is 7.45. The van der Waals surface area contributed by atoms with Gasteiger partial charge in [-0.25, -0.2) is 4.39 Å². The van der Waals surface area contributed by atoms with E-state index in [9.17, 15) is 14.3 Å². The van der Waals surface area contributed by atoms with Crippen molar-refractivity contribution < 1.29 is 19.0 Å². The SMILES string of the molecule is O=C1[C@H](CCCO)[C@@H](c2ccc(OCc3ccccc3)cc2)N1c1ccc(F)cc1. The molecule has 1 heterocycles. The molecule has 0 radical (unpaired) electrons. The first-order chi connectivity index (χ1) is 14.7. The van der Waals surface area contributed by atoms with Gasteiger partial charge in [0.2, 0.25) is 5.91 Å². The van der Waals surface area contributed by atoms with Gasteiger partial charge in [-0.05, 0) is 60.4 Å². The minimum absolute atomic E-state index is 0.00413. The lowest BCUT2D eigenvalue weighted by atomic mass is 9.79. The lowest BCUT2D eigenvalue weighted by Crippen LogP contribution is -2.55. The van der Waals surface area contributed by atoms with Gasteiger partial charge in [-0.3, -0.25) is 4.79 Å². The van der Waals surface area contributed by atoms with Crippen molar-refractivity contribution in [2.45, 2.75) is 25.5 Å². The van der Waals surface area contributed by atoms with Crippen molar-refractivity contribution in [2.24, 2.45) is 5.92 Å². The zero-order valence-electron chi connectivity index (χ0n) is 16.6. The van der Waals surface area contributed by atoms with Crippen LogP contribution in [0.25, 0.3) is 0 Å². The average molecular weight is 405 g/mol. The molecule has 0 aromatic heterocycles. The summed E-state index contributed by atoms with van der Waals surface area (Å²) >= 11 is 0. The first kappa shape index (κ1) is 20.1. The molecule has 1 amide bonds. The minimum atomic E-state index is -0.333. The van der Waals surface area contributed by atoms with E-state index in [0.29, 0.717) is 25.1 Å². The second kappa shape index (κ2) is 9.09. The van der Waals surface area contributed by atoms with E-state index in [-0.39, 0.29) is 30.3 Å². The fourth-order valence-corrected chi connectivity index (χ4v) is 3.91. The maximum atomic E-state index is 13.3. The Balaban J connectivity index is 1.52. The van der Waals surface area contributed by atoms with Crippen molar-refractivity contribution >= 4 is 11.6 Å². The molecule has 4 rings (SSSR count). The van der Waals surface area contributed by atoms with E-state index in [4.69, 9.17) is 4.74 Å². The van der Waals surface area contributed by atoms with E-state index >= 15 is 0 Å². The normalized spacial score (nSPS) is 18.2. The summed E-state index contributed by atoms with van der Waals surface area (Å²) in [7, 11) is 0. The van der Waals surface area contributed by atoms with E-state index in [2.05, 4.69) is 0 Å². The highest BCUT2D eigenvalue weighted by Crippen LogP contribution is 2.45. The number of rotatable bonds is 8. The lowest BCUT2D eigenvalue weighted by molar-refractivity contribution is -0.130. The molecule has 2 atom stereocenters. The summed E-state index contributed by atoms with van der Waals surface area (Å²) in [6.07, 6.45) is 1.19. The summed E-state index contributed by atoms with van der Waals surface area (Å²) in [4.78, 5) is 14.5. The van der Waals surface area contributed by atoms with Gasteiger partial charge in [-0.1, -0.05) is 42.5 Å². The van der Waals surface area contributed by atoms with Gasteiger partial charge in [0.1, 0.15) is 18.2 Å². The fourth-order valence-electron chi connectivity index (χ4n) is 3.91. The maximum absolute atomic E-state index is 13.3. The van der Waals surface area contributed by atoms with Crippen LogP contribution in [0.3, 0.4) is 0 Å². The third-order valence-corrected chi connectivity index (χ3v) is 5.46. The molecule has 1 aliphatic heterocycles. The van der Waals surface area contributed by atoms with Gasteiger partial charge in [-0.2, -0.15) is 0 Å². The van der Waals surface area contributed by atoms with Crippen molar-refractivity contribution in [3.63, 3.8) is 0 Å². The lowest BCUT2D eigenvalue weighted by Gasteiger charge is -2.47. The number of carbonyl (C=O) groups excluding carboxylic acids is 1. The Morgan fingerprint density at radius 3 is 2.30 bits per heavy atom. The molecular weight excluding hydrogens is 381 g/mol. The largest absolute Gasteiger partial charge is 0.489 e. The number of aliphatic hydroxyl groups is 1. The molecule has 1 saturated heterocycles. The average Bonchev–Trinajstić information content (AvgIpc) is 2.78. The van der Waals surface area contributed by atoms with Crippen LogP contribution in [-0.4, -0.2) is 17.6 Å². The molecular formula is C25H24FNO3. The Morgan fingerprint density at radius 2 is 1.63 bits per heavy atom. The van der Waals surface area contributed by atoms with Crippen LogP contribution in [0.5, 0.6) is 5.75 Å². The quantitative estimate of drug-likeness (QED) is 0.544. The monoisotopic (exact) mass is 405 g/mol. The first-order valence-corrected chi connectivity index (χ1v) is 10.1. The van der Waals surface area contributed by atoms with Crippen LogP contribution in [0.2, 0.25) is 0 Å². The predicted molar refractivity (Wildman–Crippen MR) is 114 cm³/mol. The third kappa shape index (κ3) is 4.21. The van der Waals surface area contributed by atoms with Crippen LogP contribution < -0.4 is 9.64 Å². The molecule has 0 aliphatic carbocycles. The Hall–Kier alpha value is -3.18. The van der Waals surface area contributed by atoms with Crippen molar-refractivity contribution in [3.8, 4) is 5.75 Å². The van der Waals surface area contributed by atoms with Crippen LogP contribution in [-0.2, 0) is 11.4 Å². The van der Waals surface area contributed by atoms with Crippen LogP contribution in [0, 0.1) is 11.7 Å². The summed E-state index contributed by atoms with van der Waals surface area (Å²) in [5.74, 6) is 0.233. The molecule has 1 fully saturated rings. The van der Waals surface area contributed by atoms with Crippen molar-refractivity contribution in [1.29, 1.82) is 0 Å². The number of β-lactam (4-membered cyclic amide) rings is 1. The van der Waals surface area contributed by atoms with Crippen LogP contribution in [0.4, 0.5) is 10.1 Å². The summed E-state index contributed by atoms with van der Waals surface area (Å²) in [5, 5.41) is 9.20. The summed E-state index contributed by atoms with van der Waals surface area (Å²) < 4.78 is 19.2. The number of nitrogens with zero attached hydrogens (tertiary/aromatic N) is 1. The predicted octanol–water partition coefficient (Wildman–Crippen LogP) is 4.88. The maximum Gasteiger partial charge on any atom is 0.233 e. The topological polar surface area (TPSA) is 49.8 Å². The van der Waals surface area contributed by atoms with Crippen LogP contribution >= 0.6 is 0 Å². The van der Waals surface area contributed by atoms with E-state index < -0.39 is 0 Å². The molecule has 5 heteroatoms. The van der Waals surface area contributed by atoms with Gasteiger partial charge >= 0.3 is 0 Å². The standard InChI is InChI=1S/C25H24FNO3/c26-20-10-12-21(13-11-20)27-24(23(25(27)29)7-4-16-28)19-8-14-22(15-9-19)30-17-18-5-2-1-3-6-18/h1-3,5-6,8-15,23-24,28H,4,7,16-17H2/t23-,24-/m1/s1. The molecule has 0 unspecified atom stereocenters. The van der Waals surface area contributed by atoms with E-state index in [1.807, 2.05) is 54.6 Å². The van der Waals surface area contributed by atoms with Gasteiger partial charge in [0.05, 0.1) is 12.0 Å². The molecule has 30 heavy (non-hydrogen) atoms. The molecule has 1 N–H and O–H groups in total. The highest BCUT2D eigenvalue weighted by atomic mass is 19.1. The summed E-state index contributed by atoms with van der Waals surface area (Å²) in [5.41, 5.74) is 2.77. The number of anilines is 1. The Kier molecular flexibility index (Phi) is 6.10. The third-order valence-electron chi connectivity index (χ3n) is 5.46. The van der Waals surface area contributed by atoms with E-state index in [1.165, 1.54) is 12.1 Å². The first-order valence-electron chi connectivity index (χ1n) is 10.1. The van der Waals surface area contributed by atoms with Crippen LogP contribution in [0.1, 0.15) is 30.0 Å². The number of aliphatic hydroxyl groups excluding tert-OH is 1. The molecule has 0 saturated carbocycles. The highest BCUT2D eigenvalue weighted by Gasteiger charge is 2.48. The van der Waals surface area contributed by atoms with Crippen LogP contribution in [0.15, 0.2) is 78.9 Å². The van der Waals surface area contributed by atoms with Gasteiger partial charge in [0.15, 0.2) is 0 Å². The number of carbonyl (C=O) groups is 1. The molecule has 4 nitrogen and oxygen atoms in total. The smallest absolute Gasteiger partial charge is 0.233 e. The molecule has 154 valence electrons. The van der Waals surface area contributed by atoms with Crippen molar-refractivity contribution in [3.05, 3.63) is 95.8 Å².